The van der Waals surface area contributed by atoms with Gasteiger partial charge in [0, 0.05) is 24.6 Å². The number of pyridine rings is 1. The van der Waals surface area contributed by atoms with Gasteiger partial charge in [-0.25, -0.2) is 0 Å². The third-order valence-corrected chi connectivity index (χ3v) is 4.97. The predicted molar refractivity (Wildman–Crippen MR) is 101 cm³/mol. The topological polar surface area (TPSA) is 80.9 Å². The van der Waals surface area contributed by atoms with Crippen LogP contribution in [0.4, 0.5) is 5.69 Å². The third kappa shape index (κ3) is 2.44. The molecular formula is C18H12BrN3O3. The SMILES string of the molecule is Cn1c2cc(-c3ccc([N+](=O)[O-])cc3)ccc2c2[nH]c(=O)c(Br)cc21. The van der Waals surface area contributed by atoms with Crippen LogP contribution in [-0.4, -0.2) is 14.5 Å². The molecule has 4 aromatic rings. The molecule has 2 aromatic carbocycles. The van der Waals surface area contributed by atoms with E-state index in [2.05, 4.69) is 20.9 Å². The highest BCUT2D eigenvalue weighted by Gasteiger charge is 2.12. The maximum Gasteiger partial charge on any atom is 0.269 e. The van der Waals surface area contributed by atoms with Gasteiger partial charge in [0.2, 0.25) is 0 Å². The van der Waals surface area contributed by atoms with E-state index in [4.69, 9.17) is 0 Å². The number of non-ortho nitro benzene ring substituents is 1. The monoisotopic (exact) mass is 397 g/mol. The van der Waals surface area contributed by atoms with E-state index in [-0.39, 0.29) is 11.2 Å². The Bertz CT molecular complexity index is 1210. The Morgan fingerprint density at radius 3 is 2.40 bits per heavy atom. The van der Waals surface area contributed by atoms with Crippen molar-refractivity contribution in [2.24, 2.45) is 7.05 Å². The maximum absolute atomic E-state index is 11.9. The Morgan fingerprint density at radius 1 is 1.04 bits per heavy atom. The van der Waals surface area contributed by atoms with Gasteiger partial charge in [-0.15, -0.1) is 0 Å². The molecule has 0 saturated carbocycles. The maximum atomic E-state index is 11.9. The average Bonchev–Trinajstić information content (AvgIpc) is 2.87. The van der Waals surface area contributed by atoms with E-state index in [0.29, 0.717) is 4.47 Å². The van der Waals surface area contributed by atoms with E-state index < -0.39 is 4.92 Å². The molecule has 4 rings (SSSR count). The van der Waals surface area contributed by atoms with E-state index in [9.17, 15) is 14.9 Å². The fraction of sp³-hybridized carbons (Fsp3) is 0.0556. The molecule has 1 N–H and O–H groups in total. The lowest BCUT2D eigenvalue weighted by molar-refractivity contribution is -0.384. The first-order chi connectivity index (χ1) is 12.0. The van der Waals surface area contributed by atoms with Gasteiger partial charge in [-0.2, -0.15) is 0 Å². The van der Waals surface area contributed by atoms with Crippen molar-refractivity contribution in [3.05, 3.63) is 73.5 Å². The number of aromatic nitrogens is 2. The number of benzene rings is 2. The average molecular weight is 398 g/mol. The summed E-state index contributed by atoms with van der Waals surface area (Å²) >= 11 is 3.27. The number of nitro groups is 1. The van der Waals surface area contributed by atoms with Crippen LogP contribution in [-0.2, 0) is 7.05 Å². The number of hydrogen-bond donors (Lipinski definition) is 1. The second kappa shape index (κ2) is 5.56. The molecule has 124 valence electrons. The second-order valence-corrected chi connectivity index (χ2v) is 6.66. The molecule has 7 heteroatoms. The van der Waals surface area contributed by atoms with Crippen molar-refractivity contribution in [3.8, 4) is 11.1 Å². The van der Waals surface area contributed by atoms with E-state index in [0.717, 1.165) is 33.1 Å². The van der Waals surface area contributed by atoms with E-state index >= 15 is 0 Å². The summed E-state index contributed by atoms with van der Waals surface area (Å²) < 4.78 is 2.50. The zero-order chi connectivity index (χ0) is 17.7. The molecule has 0 fully saturated rings. The minimum Gasteiger partial charge on any atom is -0.342 e. The Balaban J connectivity index is 1.93. The van der Waals surface area contributed by atoms with Crippen LogP contribution >= 0.6 is 15.9 Å². The molecule has 2 aromatic heterocycles. The lowest BCUT2D eigenvalue weighted by Crippen LogP contribution is -2.05. The van der Waals surface area contributed by atoms with Crippen molar-refractivity contribution in [3.63, 3.8) is 0 Å². The number of fused-ring (bicyclic) bond motifs is 3. The van der Waals surface area contributed by atoms with Crippen LogP contribution in [0.3, 0.4) is 0 Å². The number of nitrogens with one attached hydrogen (secondary N) is 1. The fourth-order valence-electron chi connectivity index (χ4n) is 3.07. The quantitative estimate of drug-likeness (QED) is 0.403. The zero-order valence-electron chi connectivity index (χ0n) is 13.1. The van der Waals surface area contributed by atoms with Crippen LogP contribution in [0.1, 0.15) is 0 Å². The summed E-state index contributed by atoms with van der Waals surface area (Å²) in [5.41, 5.74) is 4.43. The van der Waals surface area contributed by atoms with E-state index in [1.54, 1.807) is 18.2 Å². The predicted octanol–water partition coefficient (Wildman–Crippen LogP) is 4.36. The van der Waals surface area contributed by atoms with Crippen molar-refractivity contribution >= 4 is 43.6 Å². The van der Waals surface area contributed by atoms with Crippen LogP contribution < -0.4 is 5.56 Å². The van der Waals surface area contributed by atoms with Gasteiger partial charge >= 0.3 is 0 Å². The second-order valence-electron chi connectivity index (χ2n) is 5.80. The summed E-state index contributed by atoms with van der Waals surface area (Å²) in [5, 5.41) is 11.7. The summed E-state index contributed by atoms with van der Waals surface area (Å²) in [6.07, 6.45) is 0. The number of halogens is 1. The molecular weight excluding hydrogens is 386 g/mol. The summed E-state index contributed by atoms with van der Waals surface area (Å²) in [7, 11) is 1.94. The van der Waals surface area contributed by atoms with E-state index in [1.165, 1.54) is 12.1 Å². The first kappa shape index (κ1) is 15.6. The van der Waals surface area contributed by atoms with Gasteiger partial charge in [0.05, 0.1) is 25.9 Å². The minimum absolute atomic E-state index is 0.0665. The molecule has 0 bridgehead atoms. The number of aromatic amines is 1. The largest absolute Gasteiger partial charge is 0.342 e. The Morgan fingerprint density at radius 2 is 1.72 bits per heavy atom. The Kier molecular flexibility index (Phi) is 3.47. The van der Waals surface area contributed by atoms with Crippen LogP contribution in [0.25, 0.3) is 33.1 Å². The van der Waals surface area contributed by atoms with Gasteiger partial charge in [-0.1, -0.05) is 12.1 Å². The molecule has 0 spiro atoms. The number of nitro benzene ring substituents is 1. The summed E-state index contributed by atoms with van der Waals surface area (Å²) in [4.78, 5) is 25.2. The van der Waals surface area contributed by atoms with Crippen LogP contribution in [0.2, 0.25) is 0 Å². The van der Waals surface area contributed by atoms with Crippen molar-refractivity contribution in [1.29, 1.82) is 0 Å². The van der Waals surface area contributed by atoms with Crippen molar-refractivity contribution in [1.82, 2.24) is 9.55 Å². The summed E-state index contributed by atoms with van der Waals surface area (Å²) in [6.45, 7) is 0. The molecule has 0 amide bonds. The smallest absolute Gasteiger partial charge is 0.269 e. The highest BCUT2D eigenvalue weighted by molar-refractivity contribution is 9.10. The molecule has 2 heterocycles. The Hall–Kier alpha value is -2.93. The molecule has 0 aliphatic heterocycles. The van der Waals surface area contributed by atoms with Crippen LogP contribution in [0.15, 0.2) is 57.8 Å². The number of nitrogens with zero attached hydrogens (tertiary/aromatic N) is 2. The molecule has 0 atom stereocenters. The number of aryl methyl sites for hydroxylation is 1. The van der Waals surface area contributed by atoms with Crippen molar-refractivity contribution in [2.75, 3.05) is 0 Å². The van der Waals surface area contributed by atoms with Gasteiger partial charge in [0.15, 0.2) is 0 Å². The van der Waals surface area contributed by atoms with Crippen molar-refractivity contribution < 1.29 is 4.92 Å². The normalized spacial score (nSPS) is 11.3. The van der Waals surface area contributed by atoms with Gasteiger partial charge in [0.25, 0.3) is 11.2 Å². The minimum atomic E-state index is -0.412. The van der Waals surface area contributed by atoms with Gasteiger partial charge in [0.1, 0.15) is 0 Å². The molecule has 6 nitrogen and oxygen atoms in total. The lowest BCUT2D eigenvalue weighted by atomic mass is 10.0. The molecule has 0 unspecified atom stereocenters. The third-order valence-electron chi connectivity index (χ3n) is 4.38. The number of rotatable bonds is 2. The standard InChI is InChI=1S/C18H12BrN3O3/c1-21-15-8-11(10-2-5-12(6-3-10)22(24)25)4-7-13(15)17-16(21)9-14(19)18(23)20-17/h2-9H,1H3,(H,20,23). The van der Waals surface area contributed by atoms with Gasteiger partial charge in [-0.05, 0) is 51.3 Å². The molecule has 0 saturated heterocycles. The first-order valence-electron chi connectivity index (χ1n) is 7.51. The summed E-state index contributed by atoms with van der Waals surface area (Å²) in [5.74, 6) is 0. The van der Waals surface area contributed by atoms with Gasteiger partial charge < -0.3 is 9.55 Å². The number of H-pyrrole nitrogens is 1. The van der Waals surface area contributed by atoms with E-state index in [1.807, 2.05) is 29.8 Å². The molecule has 0 aliphatic carbocycles. The zero-order valence-corrected chi connectivity index (χ0v) is 14.7. The number of hydrogen-bond acceptors (Lipinski definition) is 3. The van der Waals surface area contributed by atoms with Crippen molar-refractivity contribution in [2.45, 2.75) is 0 Å². The Labute approximate surface area is 150 Å². The van der Waals surface area contributed by atoms with Crippen LogP contribution in [0.5, 0.6) is 0 Å². The highest BCUT2D eigenvalue weighted by atomic mass is 79.9. The van der Waals surface area contributed by atoms with Crippen LogP contribution in [0, 0.1) is 10.1 Å². The highest BCUT2D eigenvalue weighted by Crippen LogP contribution is 2.31. The molecule has 0 radical (unpaired) electrons. The lowest BCUT2D eigenvalue weighted by Gasteiger charge is -2.03. The molecule has 25 heavy (non-hydrogen) atoms. The van der Waals surface area contributed by atoms with Gasteiger partial charge in [-0.3, -0.25) is 14.9 Å². The fourth-order valence-corrected chi connectivity index (χ4v) is 3.39. The summed E-state index contributed by atoms with van der Waals surface area (Å²) in [6, 6.07) is 14.2. The molecule has 0 aliphatic rings. The first-order valence-corrected chi connectivity index (χ1v) is 8.31.